The van der Waals surface area contributed by atoms with Crippen LogP contribution in [-0.2, 0) is 0 Å². The van der Waals surface area contributed by atoms with Gasteiger partial charge in [-0.3, -0.25) is 0 Å². The third-order valence-electron chi connectivity index (χ3n) is 3.09. The molecule has 1 saturated carbocycles. The van der Waals surface area contributed by atoms with Crippen molar-refractivity contribution in [1.82, 2.24) is 9.36 Å². The Balaban J connectivity index is 1.84. The Bertz CT molecular complexity index is 340. The van der Waals surface area contributed by atoms with Crippen LogP contribution < -0.4 is 5.32 Å². The molecule has 0 aliphatic heterocycles. The maximum atomic E-state index is 9.69. The van der Waals surface area contributed by atoms with Crippen molar-refractivity contribution in [2.75, 3.05) is 11.9 Å². The highest BCUT2D eigenvalue weighted by Crippen LogP contribution is 2.26. The fourth-order valence-corrected chi connectivity index (χ4v) is 2.73. The van der Waals surface area contributed by atoms with Crippen LogP contribution in [-0.4, -0.2) is 27.1 Å². The van der Waals surface area contributed by atoms with E-state index in [0.29, 0.717) is 11.8 Å². The Morgan fingerprint density at radius 1 is 1.50 bits per heavy atom. The summed E-state index contributed by atoms with van der Waals surface area (Å²) < 4.78 is 4.29. The summed E-state index contributed by atoms with van der Waals surface area (Å²) in [5, 5.41) is 13.8. The van der Waals surface area contributed by atoms with Gasteiger partial charge in [0.05, 0.1) is 6.10 Å². The number of aliphatic hydroxyl groups is 1. The van der Waals surface area contributed by atoms with E-state index >= 15 is 0 Å². The van der Waals surface area contributed by atoms with Crippen molar-refractivity contribution in [3.05, 3.63) is 5.82 Å². The first kappa shape index (κ1) is 11.8. The van der Waals surface area contributed by atoms with Crippen molar-refractivity contribution >= 4 is 16.7 Å². The summed E-state index contributed by atoms with van der Waals surface area (Å²) in [5.41, 5.74) is 0. The van der Waals surface area contributed by atoms with E-state index < -0.39 is 0 Å². The van der Waals surface area contributed by atoms with E-state index in [1.807, 2.05) is 0 Å². The van der Waals surface area contributed by atoms with E-state index in [-0.39, 0.29) is 6.10 Å². The normalized spacial score (nSPS) is 25.2. The van der Waals surface area contributed by atoms with Crippen LogP contribution in [0.25, 0.3) is 0 Å². The first-order valence-electron chi connectivity index (χ1n) is 5.92. The van der Waals surface area contributed by atoms with Crippen LogP contribution >= 0.6 is 11.5 Å². The molecule has 1 fully saturated rings. The van der Waals surface area contributed by atoms with Gasteiger partial charge in [0.15, 0.2) is 0 Å². The molecule has 2 unspecified atom stereocenters. The Hall–Kier alpha value is -0.680. The summed E-state index contributed by atoms with van der Waals surface area (Å²) in [6, 6.07) is 0. The Kier molecular flexibility index (Phi) is 3.76. The molecule has 4 nitrogen and oxygen atoms in total. The lowest BCUT2D eigenvalue weighted by Crippen LogP contribution is -2.21. The summed E-state index contributed by atoms with van der Waals surface area (Å²) in [6.45, 7) is 4.99. The number of nitrogens with zero attached hydrogens (tertiary/aromatic N) is 2. The Morgan fingerprint density at radius 3 is 2.88 bits per heavy atom. The van der Waals surface area contributed by atoms with Gasteiger partial charge in [0.25, 0.3) is 0 Å². The highest BCUT2D eigenvalue weighted by molar-refractivity contribution is 7.09. The van der Waals surface area contributed by atoms with Crippen LogP contribution in [0.15, 0.2) is 0 Å². The maximum Gasteiger partial charge on any atom is 0.202 e. The average Bonchev–Trinajstić information content (AvgIpc) is 2.83. The van der Waals surface area contributed by atoms with Gasteiger partial charge >= 0.3 is 0 Å². The standard InChI is InChI=1S/C11H19N3OS/c1-7(2)10-13-11(16-14-10)12-6-8-4-3-5-9(8)15/h7-9,15H,3-6H2,1-2H3,(H,12,13,14). The Labute approximate surface area is 100 Å². The average molecular weight is 241 g/mol. The molecular weight excluding hydrogens is 222 g/mol. The van der Waals surface area contributed by atoms with Gasteiger partial charge in [0.2, 0.25) is 5.13 Å². The number of anilines is 1. The van der Waals surface area contributed by atoms with Crippen molar-refractivity contribution in [2.45, 2.75) is 45.1 Å². The van der Waals surface area contributed by atoms with Gasteiger partial charge in [-0.1, -0.05) is 20.3 Å². The molecule has 1 aliphatic rings. The molecule has 0 aromatic carbocycles. The number of hydrogen-bond acceptors (Lipinski definition) is 5. The van der Waals surface area contributed by atoms with Crippen LogP contribution in [0.1, 0.15) is 44.9 Å². The SMILES string of the molecule is CC(C)c1nsc(NCC2CCCC2O)n1. The predicted molar refractivity (Wildman–Crippen MR) is 65.8 cm³/mol. The van der Waals surface area contributed by atoms with E-state index in [9.17, 15) is 5.11 Å². The third-order valence-corrected chi connectivity index (χ3v) is 3.78. The number of aliphatic hydroxyl groups excluding tert-OH is 1. The Morgan fingerprint density at radius 2 is 2.31 bits per heavy atom. The molecule has 0 amide bonds. The van der Waals surface area contributed by atoms with E-state index in [1.54, 1.807) is 0 Å². The first-order valence-corrected chi connectivity index (χ1v) is 6.69. The van der Waals surface area contributed by atoms with Gasteiger partial charge in [0.1, 0.15) is 5.82 Å². The van der Waals surface area contributed by atoms with Gasteiger partial charge in [-0.25, -0.2) is 4.98 Å². The number of rotatable bonds is 4. The summed E-state index contributed by atoms with van der Waals surface area (Å²) in [6.07, 6.45) is 3.06. The quantitative estimate of drug-likeness (QED) is 0.848. The predicted octanol–water partition coefficient (Wildman–Crippen LogP) is 2.23. The highest BCUT2D eigenvalue weighted by Gasteiger charge is 2.25. The molecule has 0 bridgehead atoms. The molecule has 16 heavy (non-hydrogen) atoms. The summed E-state index contributed by atoms with van der Waals surface area (Å²) in [7, 11) is 0. The number of hydrogen-bond donors (Lipinski definition) is 2. The lowest BCUT2D eigenvalue weighted by molar-refractivity contribution is 0.138. The molecule has 2 rings (SSSR count). The zero-order valence-electron chi connectivity index (χ0n) is 9.81. The van der Waals surface area contributed by atoms with Gasteiger partial charge in [0, 0.05) is 29.9 Å². The second-order valence-electron chi connectivity index (χ2n) is 4.75. The van der Waals surface area contributed by atoms with E-state index in [1.165, 1.54) is 11.5 Å². The highest BCUT2D eigenvalue weighted by atomic mass is 32.1. The molecule has 2 atom stereocenters. The lowest BCUT2D eigenvalue weighted by atomic mass is 10.1. The van der Waals surface area contributed by atoms with Crippen LogP contribution in [0.3, 0.4) is 0 Å². The molecule has 0 spiro atoms. The molecular formula is C11H19N3OS. The molecule has 2 N–H and O–H groups in total. The van der Waals surface area contributed by atoms with Gasteiger partial charge < -0.3 is 10.4 Å². The molecule has 1 aromatic heterocycles. The van der Waals surface area contributed by atoms with E-state index in [2.05, 4.69) is 28.5 Å². The van der Waals surface area contributed by atoms with Crippen molar-refractivity contribution < 1.29 is 5.11 Å². The number of nitrogens with one attached hydrogen (secondary N) is 1. The summed E-state index contributed by atoms with van der Waals surface area (Å²) in [5.74, 6) is 1.66. The van der Waals surface area contributed by atoms with Crippen molar-refractivity contribution in [2.24, 2.45) is 5.92 Å². The molecule has 1 heterocycles. The van der Waals surface area contributed by atoms with Crippen LogP contribution in [0.4, 0.5) is 5.13 Å². The largest absolute Gasteiger partial charge is 0.393 e. The minimum absolute atomic E-state index is 0.134. The number of aromatic nitrogens is 2. The first-order chi connectivity index (χ1) is 7.66. The zero-order valence-corrected chi connectivity index (χ0v) is 10.6. The summed E-state index contributed by atoms with van der Waals surface area (Å²) >= 11 is 1.41. The van der Waals surface area contributed by atoms with E-state index in [0.717, 1.165) is 36.8 Å². The fourth-order valence-electron chi connectivity index (χ4n) is 2.01. The van der Waals surface area contributed by atoms with Crippen LogP contribution in [0, 0.1) is 5.92 Å². The van der Waals surface area contributed by atoms with Crippen LogP contribution in [0.2, 0.25) is 0 Å². The third kappa shape index (κ3) is 2.71. The second kappa shape index (κ2) is 5.10. The molecule has 1 aromatic rings. The van der Waals surface area contributed by atoms with Crippen molar-refractivity contribution in [1.29, 1.82) is 0 Å². The molecule has 90 valence electrons. The van der Waals surface area contributed by atoms with Crippen LogP contribution in [0.5, 0.6) is 0 Å². The van der Waals surface area contributed by atoms with Crippen molar-refractivity contribution in [3.63, 3.8) is 0 Å². The minimum atomic E-state index is -0.134. The molecule has 0 saturated heterocycles. The monoisotopic (exact) mass is 241 g/mol. The fraction of sp³-hybridized carbons (Fsp3) is 0.818. The summed E-state index contributed by atoms with van der Waals surface area (Å²) in [4.78, 5) is 4.41. The van der Waals surface area contributed by atoms with E-state index in [4.69, 9.17) is 0 Å². The second-order valence-corrected chi connectivity index (χ2v) is 5.50. The van der Waals surface area contributed by atoms with Gasteiger partial charge in [-0.15, -0.1) is 0 Å². The molecule has 0 radical (unpaired) electrons. The van der Waals surface area contributed by atoms with Gasteiger partial charge in [-0.2, -0.15) is 4.37 Å². The topological polar surface area (TPSA) is 58.0 Å². The van der Waals surface area contributed by atoms with Crippen molar-refractivity contribution in [3.8, 4) is 0 Å². The van der Waals surface area contributed by atoms with Gasteiger partial charge in [-0.05, 0) is 12.8 Å². The zero-order chi connectivity index (χ0) is 11.5. The maximum absolute atomic E-state index is 9.69. The minimum Gasteiger partial charge on any atom is -0.393 e. The smallest absolute Gasteiger partial charge is 0.202 e. The molecule has 5 heteroatoms. The molecule has 1 aliphatic carbocycles. The lowest BCUT2D eigenvalue weighted by Gasteiger charge is -2.13.